The van der Waals surface area contributed by atoms with E-state index in [0.29, 0.717) is 12.5 Å². The molecular weight excluding hydrogens is 242 g/mol. The third-order valence-electron chi connectivity index (χ3n) is 3.62. The summed E-state index contributed by atoms with van der Waals surface area (Å²) in [5, 5.41) is 18.2. The second-order valence-corrected chi connectivity index (χ2v) is 5.74. The Morgan fingerprint density at radius 2 is 2.00 bits per heavy atom. The number of hydrogen-bond donors (Lipinski definition) is 2. The molecule has 6 heteroatoms. The molecule has 0 aromatic rings. The van der Waals surface area contributed by atoms with Crippen LogP contribution in [0.3, 0.4) is 0 Å². The lowest BCUT2D eigenvalue weighted by atomic mass is 10.00. The number of carboxylic acids is 1. The van der Waals surface area contributed by atoms with Crippen LogP contribution in [0.2, 0.25) is 0 Å². The van der Waals surface area contributed by atoms with Crippen LogP contribution in [-0.4, -0.2) is 57.7 Å². The fourth-order valence-corrected chi connectivity index (χ4v) is 3.39. The van der Waals surface area contributed by atoms with E-state index < -0.39 is 5.97 Å². The van der Waals surface area contributed by atoms with Gasteiger partial charge in [0.1, 0.15) is 0 Å². The maximum atomic E-state index is 11.8. The van der Waals surface area contributed by atoms with Crippen LogP contribution >= 0.6 is 11.8 Å². The van der Waals surface area contributed by atoms with Crippen molar-refractivity contribution in [2.24, 2.45) is 11.8 Å². The molecule has 3 unspecified atom stereocenters. The maximum Gasteiger partial charge on any atom is 0.313 e. The van der Waals surface area contributed by atoms with Gasteiger partial charge in [-0.05, 0) is 18.8 Å². The summed E-state index contributed by atoms with van der Waals surface area (Å²) in [6, 6.07) is 0. The Bertz CT molecular complexity index is 323. The van der Waals surface area contributed by atoms with Gasteiger partial charge in [0.05, 0.1) is 17.6 Å². The van der Waals surface area contributed by atoms with Crippen molar-refractivity contribution in [2.45, 2.75) is 18.9 Å². The molecule has 2 rings (SSSR count). The molecule has 5 nitrogen and oxygen atoms in total. The van der Waals surface area contributed by atoms with E-state index in [1.165, 1.54) is 0 Å². The monoisotopic (exact) mass is 259 g/mol. The predicted octanol–water partition coefficient (Wildman–Crippen LogP) is 0.0335. The lowest BCUT2D eigenvalue weighted by Gasteiger charge is -2.18. The van der Waals surface area contributed by atoms with Crippen LogP contribution in [0.1, 0.15) is 12.8 Å². The van der Waals surface area contributed by atoms with E-state index in [2.05, 4.69) is 0 Å². The highest BCUT2D eigenvalue weighted by atomic mass is 32.2. The largest absolute Gasteiger partial charge is 0.481 e. The highest BCUT2D eigenvalue weighted by molar-refractivity contribution is 8.00. The molecule has 0 aromatic carbocycles. The average molecular weight is 259 g/mol. The summed E-state index contributed by atoms with van der Waals surface area (Å²) in [5.74, 6) is -0.0205. The van der Waals surface area contributed by atoms with Crippen LogP contribution in [0.5, 0.6) is 0 Å². The average Bonchev–Trinajstić information content (AvgIpc) is 2.81. The Kier molecular flexibility index (Phi) is 3.93. The Morgan fingerprint density at radius 1 is 1.24 bits per heavy atom. The molecule has 17 heavy (non-hydrogen) atoms. The lowest BCUT2D eigenvalue weighted by Crippen LogP contribution is -2.32. The van der Waals surface area contributed by atoms with E-state index >= 15 is 0 Å². The standard InChI is InChI=1S/C11H17NO4S/c13-9-2-1-7-3-12(4-8(7)9)10(14)5-17-6-11(15)16/h7-9,13H,1-6H2,(H,15,16). The Morgan fingerprint density at radius 3 is 2.65 bits per heavy atom. The van der Waals surface area contributed by atoms with Gasteiger partial charge in [-0.3, -0.25) is 9.59 Å². The summed E-state index contributed by atoms with van der Waals surface area (Å²) >= 11 is 1.13. The first-order chi connectivity index (χ1) is 8.08. The zero-order valence-corrected chi connectivity index (χ0v) is 10.4. The molecule has 2 aliphatic rings. The smallest absolute Gasteiger partial charge is 0.313 e. The van der Waals surface area contributed by atoms with Gasteiger partial charge < -0.3 is 15.1 Å². The number of fused-ring (bicyclic) bond motifs is 1. The fourth-order valence-electron chi connectivity index (χ4n) is 2.76. The molecule has 0 spiro atoms. The summed E-state index contributed by atoms with van der Waals surface area (Å²) in [5.41, 5.74) is 0. The fraction of sp³-hybridized carbons (Fsp3) is 0.818. The molecule has 2 fully saturated rings. The number of carbonyl (C=O) groups excluding carboxylic acids is 1. The summed E-state index contributed by atoms with van der Waals surface area (Å²) < 4.78 is 0. The molecule has 3 atom stereocenters. The normalized spacial score (nSPS) is 31.6. The molecule has 2 N–H and O–H groups in total. The first kappa shape index (κ1) is 12.7. The topological polar surface area (TPSA) is 77.8 Å². The van der Waals surface area contributed by atoms with Gasteiger partial charge in [0.2, 0.25) is 5.91 Å². The highest BCUT2D eigenvalue weighted by Gasteiger charge is 2.43. The van der Waals surface area contributed by atoms with Crippen LogP contribution in [0.25, 0.3) is 0 Å². The van der Waals surface area contributed by atoms with E-state index in [1.54, 1.807) is 4.90 Å². The minimum atomic E-state index is -0.892. The quantitative estimate of drug-likeness (QED) is 0.745. The van der Waals surface area contributed by atoms with Crippen molar-refractivity contribution in [1.29, 1.82) is 0 Å². The van der Waals surface area contributed by atoms with Gasteiger partial charge in [0.15, 0.2) is 0 Å². The van der Waals surface area contributed by atoms with Crippen molar-refractivity contribution < 1.29 is 19.8 Å². The summed E-state index contributed by atoms with van der Waals surface area (Å²) in [6.07, 6.45) is 1.59. The minimum absolute atomic E-state index is 0.00199. The SMILES string of the molecule is O=C(O)CSCC(=O)N1CC2CCC(O)C2C1. The van der Waals surface area contributed by atoms with Crippen molar-refractivity contribution in [1.82, 2.24) is 4.90 Å². The van der Waals surface area contributed by atoms with Gasteiger partial charge in [0, 0.05) is 19.0 Å². The van der Waals surface area contributed by atoms with Gasteiger partial charge in [-0.1, -0.05) is 0 Å². The molecule has 1 saturated carbocycles. The first-order valence-electron chi connectivity index (χ1n) is 5.83. The Labute approximate surface area is 104 Å². The van der Waals surface area contributed by atoms with Crippen LogP contribution in [-0.2, 0) is 9.59 Å². The van der Waals surface area contributed by atoms with Gasteiger partial charge >= 0.3 is 5.97 Å². The third-order valence-corrected chi connectivity index (χ3v) is 4.52. The van der Waals surface area contributed by atoms with E-state index in [4.69, 9.17) is 5.11 Å². The zero-order chi connectivity index (χ0) is 12.4. The maximum absolute atomic E-state index is 11.8. The summed E-state index contributed by atoms with van der Waals surface area (Å²) in [4.78, 5) is 23.9. The van der Waals surface area contributed by atoms with Crippen molar-refractivity contribution in [2.75, 3.05) is 24.6 Å². The molecule has 0 aromatic heterocycles. The molecule has 1 aliphatic heterocycles. The molecule has 96 valence electrons. The number of carboxylic acid groups (broad SMARTS) is 1. The number of aliphatic hydroxyl groups is 1. The summed E-state index contributed by atoms with van der Waals surface area (Å²) in [7, 11) is 0. The van der Waals surface area contributed by atoms with Gasteiger partial charge in [-0.25, -0.2) is 0 Å². The van der Waals surface area contributed by atoms with E-state index in [0.717, 1.165) is 31.1 Å². The number of aliphatic hydroxyl groups excluding tert-OH is 1. The number of amides is 1. The second-order valence-electron chi connectivity index (χ2n) is 4.75. The van der Waals surface area contributed by atoms with E-state index in [9.17, 15) is 14.7 Å². The second kappa shape index (κ2) is 5.27. The molecule has 0 radical (unpaired) electrons. The molecule has 1 aliphatic carbocycles. The van der Waals surface area contributed by atoms with Crippen molar-refractivity contribution in [3.63, 3.8) is 0 Å². The zero-order valence-electron chi connectivity index (χ0n) is 9.54. The molecular formula is C11H17NO4S. The molecule has 1 heterocycles. The van der Waals surface area contributed by atoms with Crippen LogP contribution < -0.4 is 0 Å². The Balaban J connectivity index is 1.76. The van der Waals surface area contributed by atoms with E-state index in [1.807, 2.05) is 0 Å². The van der Waals surface area contributed by atoms with Gasteiger partial charge in [0.25, 0.3) is 0 Å². The first-order valence-corrected chi connectivity index (χ1v) is 6.98. The van der Waals surface area contributed by atoms with Gasteiger partial charge in [-0.2, -0.15) is 0 Å². The molecule has 1 saturated heterocycles. The lowest BCUT2D eigenvalue weighted by molar-refractivity contribution is -0.133. The van der Waals surface area contributed by atoms with Crippen LogP contribution in [0.15, 0.2) is 0 Å². The van der Waals surface area contributed by atoms with Crippen LogP contribution in [0, 0.1) is 11.8 Å². The van der Waals surface area contributed by atoms with Crippen molar-refractivity contribution in [3.8, 4) is 0 Å². The number of nitrogens with zero attached hydrogens (tertiary/aromatic N) is 1. The number of hydrogen-bond acceptors (Lipinski definition) is 4. The van der Waals surface area contributed by atoms with Crippen LogP contribution in [0.4, 0.5) is 0 Å². The predicted molar refractivity (Wildman–Crippen MR) is 63.8 cm³/mol. The summed E-state index contributed by atoms with van der Waals surface area (Å²) in [6.45, 7) is 1.37. The van der Waals surface area contributed by atoms with Crippen molar-refractivity contribution >= 4 is 23.6 Å². The Hall–Kier alpha value is -0.750. The molecule has 0 bridgehead atoms. The molecule has 1 amide bonds. The van der Waals surface area contributed by atoms with Gasteiger partial charge in [-0.15, -0.1) is 11.8 Å². The number of thioether (sulfide) groups is 1. The number of carbonyl (C=O) groups is 2. The van der Waals surface area contributed by atoms with Crippen molar-refractivity contribution in [3.05, 3.63) is 0 Å². The minimum Gasteiger partial charge on any atom is -0.481 e. The third kappa shape index (κ3) is 2.93. The number of aliphatic carboxylic acids is 1. The highest BCUT2D eigenvalue weighted by Crippen LogP contribution is 2.38. The van der Waals surface area contributed by atoms with E-state index in [-0.39, 0.29) is 29.4 Å². The number of rotatable bonds is 4. The number of likely N-dealkylation sites (tertiary alicyclic amines) is 1.